The zero-order valence-electron chi connectivity index (χ0n) is 6.75. The summed E-state index contributed by atoms with van der Waals surface area (Å²) in [5, 5.41) is 2.69. The van der Waals surface area contributed by atoms with Crippen LogP contribution in [0.5, 0.6) is 0 Å². The quantitative estimate of drug-likeness (QED) is 0.790. The maximum absolute atomic E-state index is 10.2. The normalized spacial score (nSPS) is 12.2. The van der Waals surface area contributed by atoms with Crippen molar-refractivity contribution in [3.8, 4) is 0 Å². The number of rotatable bonds is 3. The predicted molar refractivity (Wildman–Crippen MR) is 51.8 cm³/mol. The summed E-state index contributed by atoms with van der Waals surface area (Å²) in [7, 11) is 0. The molecule has 0 aliphatic heterocycles. The molecule has 1 N–H and O–H groups in total. The first-order chi connectivity index (χ1) is 5.74. The van der Waals surface area contributed by atoms with Gasteiger partial charge in [-0.05, 0) is 24.6 Å². The average Bonchev–Trinajstić information content (AvgIpc) is 2.05. The van der Waals surface area contributed by atoms with E-state index < -0.39 is 0 Å². The second-order valence-electron chi connectivity index (χ2n) is 2.56. The highest BCUT2D eigenvalue weighted by molar-refractivity contribution is 9.10. The molecule has 64 valence electrons. The minimum absolute atomic E-state index is 0.0694. The van der Waals surface area contributed by atoms with Crippen LogP contribution in [0.4, 0.5) is 0 Å². The fraction of sp³-hybridized carbons (Fsp3) is 0.222. The molecule has 0 saturated heterocycles. The van der Waals surface area contributed by atoms with Gasteiger partial charge in [0.25, 0.3) is 0 Å². The van der Waals surface area contributed by atoms with Crippen LogP contribution in [0.25, 0.3) is 0 Å². The molecule has 1 atom stereocenters. The summed E-state index contributed by atoms with van der Waals surface area (Å²) < 4.78 is 1.03. The monoisotopic (exact) mass is 227 g/mol. The van der Waals surface area contributed by atoms with Gasteiger partial charge in [-0.3, -0.25) is 4.79 Å². The van der Waals surface area contributed by atoms with Crippen molar-refractivity contribution < 1.29 is 4.79 Å². The lowest BCUT2D eigenvalue weighted by molar-refractivity contribution is -0.110. The smallest absolute Gasteiger partial charge is 0.207 e. The average molecular weight is 228 g/mol. The van der Waals surface area contributed by atoms with E-state index >= 15 is 0 Å². The van der Waals surface area contributed by atoms with E-state index in [-0.39, 0.29) is 6.04 Å². The molecular weight excluding hydrogens is 218 g/mol. The Bertz CT molecular complexity index is 275. The largest absolute Gasteiger partial charge is 0.352 e. The molecule has 0 heterocycles. The van der Waals surface area contributed by atoms with Gasteiger partial charge in [0.05, 0.1) is 6.04 Å². The molecule has 3 heteroatoms. The zero-order valence-corrected chi connectivity index (χ0v) is 8.34. The summed E-state index contributed by atoms with van der Waals surface area (Å²) in [6.07, 6.45) is 0.714. The van der Waals surface area contributed by atoms with Gasteiger partial charge in [-0.25, -0.2) is 0 Å². The topological polar surface area (TPSA) is 29.1 Å². The van der Waals surface area contributed by atoms with Gasteiger partial charge in [0.2, 0.25) is 6.41 Å². The fourth-order valence-electron chi connectivity index (χ4n) is 0.974. The van der Waals surface area contributed by atoms with Gasteiger partial charge in [-0.2, -0.15) is 0 Å². The molecule has 0 aromatic heterocycles. The third-order valence-electron chi connectivity index (χ3n) is 1.67. The molecular formula is C9H10BrNO. The number of benzene rings is 1. The molecule has 0 unspecified atom stereocenters. The lowest BCUT2D eigenvalue weighted by Gasteiger charge is -2.09. The van der Waals surface area contributed by atoms with Crippen LogP contribution in [0.3, 0.4) is 0 Å². The third-order valence-corrected chi connectivity index (χ3v) is 2.16. The van der Waals surface area contributed by atoms with E-state index in [4.69, 9.17) is 0 Å². The number of carbonyl (C=O) groups is 1. The van der Waals surface area contributed by atoms with E-state index in [9.17, 15) is 4.79 Å². The summed E-state index contributed by atoms with van der Waals surface area (Å²) in [6, 6.07) is 7.94. The van der Waals surface area contributed by atoms with Crippen molar-refractivity contribution >= 4 is 22.3 Å². The molecule has 1 amide bonds. The Kier molecular flexibility index (Phi) is 3.29. The van der Waals surface area contributed by atoms with E-state index in [0.717, 1.165) is 10.0 Å². The lowest BCUT2D eigenvalue weighted by atomic mass is 10.1. The molecule has 0 aliphatic carbocycles. The van der Waals surface area contributed by atoms with Crippen LogP contribution in [-0.2, 0) is 4.79 Å². The van der Waals surface area contributed by atoms with Crippen LogP contribution in [0, 0.1) is 0 Å². The molecule has 0 aliphatic rings. The minimum Gasteiger partial charge on any atom is -0.352 e. The molecule has 12 heavy (non-hydrogen) atoms. The molecule has 0 bridgehead atoms. The number of carbonyl (C=O) groups excluding carboxylic acids is 1. The van der Waals surface area contributed by atoms with Gasteiger partial charge in [0, 0.05) is 4.47 Å². The summed E-state index contributed by atoms with van der Waals surface area (Å²) >= 11 is 3.37. The standard InChI is InChI=1S/C9H10BrNO/c1-7(11-6-12)8-3-2-4-9(10)5-8/h2-7H,1H3,(H,11,12)/t7-/m0/s1. The van der Waals surface area contributed by atoms with Gasteiger partial charge < -0.3 is 5.32 Å². The van der Waals surface area contributed by atoms with E-state index in [1.807, 2.05) is 31.2 Å². The van der Waals surface area contributed by atoms with Crippen molar-refractivity contribution in [3.63, 3.8) is 0 Å². The Morgan fingerprint density at radius 3 is 2.92 bits per heavy atom. The number of hydrogen-bond acceptors (Lipinski definition) is 1. The molecule has 0 fully saturated rings. The first-order valence-electron chi connectivity index (χ1n) is 3.69. The second-order valence-corrected chi connectivity index (χ2v) is 3.48. The molecule has 0 radical (unpaired) electrons. The highest BCUT2D eigenvalue weighted by Crippen LogP contribution is 2.16. The number of amides is 1. The maximum atomic E-state index is 10.2. The highest BCUT2D eigenvalue weighted by atomic mass is 79.9. The number of halogens is 1. The minimum atomic E-state index is 0.0694. The first-order valence-corrected chi connectivity index (χ1v) is 4.48. The maximum Gasteiger partial charge on any atom is 0.207 e. The summed E-state index contributed by atoms with van der Waals surface area (Å²) in [6.45, 7) is 1.94. The Hall–Kier alpha value is -0.830. The molecule has 0 spiro atoms. The highest BCUT2D eigenvalue weighted by Gasteiger charge is 2.02. The summed E-state index contributed by atoms with van der Waals surface area (Å²) in [4.78, 5) is 10.2. The van der Waals surface area contributed by atoms with Gasteiger partial charge >= 0.3 is 0 Å². The second kappa shape index (κ2) is 4.26. The van der Waals surface area contributed by atoms with Crippen LogP contribution in [-0.4, -0.2) is 6.41 Å². The van der Waals surface area contributed by atoms with Crippen molar-refractivity contribution in [2.45, 2.75) is 13.0 Å². The first kappa shape index (κ1) is 9.26. The van der Waals surface area contributed by atoms with E-state index in [0.29, 0.717) is 6.41 Å². The van der Waals surface area contributed by atoms with Crippen molar-refractivity contribution in [2.24, 2.45) is 0 Å². The predicted octanol–water partition coefficient (Wildman–Crippen LogP) is 2.26. The third kappa shape index (κ3) is 2.34. The zero-order chi connectivity index (χ0) is 8.97. The summed E-state index contributed by atoms with van der Waals surface area (Å²) in [5.74, 6) is 0. The van der Waals surface area contributed by atoms with Gasteiger partial charge in [-0.1, -0.05) is 28.1 Å². The van der Waals surface area contributed by atoms with Crippen molar-refractivity contribution in [2.75, 3.05) is 0 Å². The van der Waals surface area contributed by atoms with Crippen molar-refractivity contribution in [3.05, 3.63) is 34.3 Å². The Morgan fingerprint density at radius 1 is 1.58 bits per heavy atom. The molecule has 2 nitrogen and oxygen atoms in total. The molecule has 1 rings (SSSR count). The van der Waals surface area contributed by atoms with Crippen LogP contribution in [0.1, 0.15) is 18.5 Å². The van der Waals surface area contributed by atoms with Crippen molar-refractivity contribution in [1.29, 1.82) is 0 Å². The molecule has 0 saturated carbocycles. The van der Waals surface area contributed by atoms with Gasteiger partial charge in [0.15, 0.2) is 0 Å². The van der Waals surface area contributed by atoms with Gasteiger partial charge in [-0.15, -0.1) is 0 Å². The molecule has 1 aromatic carbocycles. The SMILES string of the molecule is C[C@H](NC=O)c1cccc(Br)c1. The Morgan fingerprint density at radius 2 is 2.33 bits per heavy atom. The van der Waals surface area contributed by atoms with Crippen LogP contribution >= 0.6 is 15.9 Å². The van der Waals surface area contributed by atoms with Crippen molar-refractivity contribution in [1.82, 2.24) is 5.32 Å². The fourth-order valence-corrected chi connectivity index (χ4v) is 1.39. The van der Waals surface area contributed by atoms with E-state index in [2.05, 4.69) is 21.2 Å². The van der Waals surface area contributed by atoms with Gasteiger partial charge in [0.1, 0.15) is 0 Å². The Labute approximate surface area is 80.1 Å². The number of hydrogen-bond donors (Lipinski definition) is 1. The summed E-state index contributed by atoms with van der Waals surface area (Å²) in [5.41, 5.74) is 1.09. The van der Waals surface area contributed by atoms with Crippen LogP contribution in [0.15, 0.2) is 28.7 Å². The van der Waals surface area contributed by atoms with Crippen LogP contribution in [0.2, 0.25) is 0 Å². The van der Waals surface area contributed by atoms with E-state index in [1.165, 1.54) is 0 Å². The van der Waals surface area contributed by atoms with Crippen LogP contribution < -0.4 is 5.32 Å². The molecule has 1 aromatic rings. The number of nitrogens with one attached hydrogen (secondary N) is 1. The lowest BCUT2D eigenvalue weighted by Crippen LogP contribution is -2.15. The van der Waals surface area contributed by atoms with E-state index in [1.54, 1.807) is 0 Å². The Balaban J connectivity index is 2.80.